The number of fused-ring (bicyclic) bond motifs is 1. The van der Waals surface area contributed by atoms with E-state index in [0.29, 0.717) is 11.3 Å². The van der Waals surface area contributed by atoms with Crippen LogP contribution in [0.15, 0.2) is 54.7 Å². The summed E-state index contributed by atoms with van der Waals surface area (Å²) >= 11 is 0. The average Bonchev–Trinajstić information content (AvgIpc) is 2.88. The summed E-state index contributed by atoms with van der Waals surface area (Å²) < 4.78 is 6.84. The topological polar surface area (TPSA) is 70.1 Å². The van der Waals surface area contributed by atoms with Crippen LogP contribution in [0.25, 0.3) is 10.9 Å². The number of nitrogens with two attached hydrogens (primary N) is 1. The molecule has 0 atom stereocenters. The van der Waals surface area contributed by atoms with Crippen molar-refractivity contribution in [2.24, 2.45) is 0 Å². The van der Waals surface area contributed by atoms with Crippen LogP contribution in [0.5, 0.6) is 0 Å². The highest BCUT2D eigenvalue weighted by Gasteiger charge is 2.08. The molecule has 2 N–H and O–H groups in total. The third-order valence-corrected chi connectivity index (χ3v) is 3.00. The van der Waals surface area contributed by atoms with E-state index in [9.17, 15) is 4.79 Å². The number of nitrogen functional groups attached to an aromatic ring is 1. The Morgan fingerprint density at radius 3 is 2.80 bits per heavy atom. The number of aromatic nitrogens is 2. The number of anilines is 1. The Morgan fingerprint density at radius 1 is 1.20 bits per heavy atom. The predicted molar refractivity (Wildman–Crippen MR) is 76.0 cm³/mol. The van der Waals surface area contributed by atoms with Crippen molar-refractivity contribution in [2.75, 3.05) is 5.73 Å². The number of esters is 1. The van der Waals surface area contributed by atoms with Crippen LogP contribution in [0.1, 0.15) is 10.4 Å². The second-order valence-electron chi connectivity index (χ2n) is 4.39. The first kappa shape index (κ1) is 12.2. The van der Waals surface area contributed by atoms with Gasteiger partial charge in [-0.25, -0.2) is 9.48 Å². The lowest BCUT2D eigenvalue weighted by Gasteiger charge is -2.06. The molecule has 0 bridgehead atoms. The molecule has 0 spiro atoms. The fourth-order valence-electron chi connectivity index (χ4n) is 1.97. The van der Waals surface area contributed by atoms with Gasteiger partial charge in [-0.1, -0.05) is 18.2 Å². The molecule has 5 nitrogen and oxygen atoms in total. The molecule has 0 saturated heterocycles. The molecule has 0 unspecified atom stereocenters. The highest BCUT2D eigenvalue weighted by molar-refractivity contribution is 5.89. The van der Waals surface area contributed by atoms with Gasteiger partial charge in [0.2, 0.25) is 0 Å². The van der Waals surface area contributed by atoms with Crippen molar-refractivity contribution in [3.63, 3.8) is 0 Å². The van der Waals surface area contributed by atoms with Crippen molar-refractivity contribution in [1.82, 2.24) is 9.78 Å². The van der Waals surface area contributed by atoms with Crippen molar-refractivity contribution in [2.45, 2.75) is 6.73 Å². The largest absolute Gasteiger partial charge is 0.439 e. The van der Waals surface area contributed by atoms with E-state index in [4.69, 9.17) is 10.5 Å². The van der Waals surface area contributed by atoms with Crippen LogP contribution >= 0.6 is 0 Å². The lowest BCUT2D eigenvalue weighted by Crippen LogP contribution is -2.10. The maximum atomic E-state index is 11.9. The number of hydrogen-bond donors (Lipinski definition) is 1. The Hall–Kier alpha value is -2.82. The van der Waals surface area contributed by atoms with Crippen molar-refractivity contribution in [3.05, 3.63) is 60.3 Å². The molecular weight excluding hydrogens is 254 g/mol. The van der Waals surface area contributed by atoms with Gasteiger partial charge in [0, 0.05) is 11.1 Å². The van der Waals surface area contributed by atoms with Gasteiger partial charge in [0.15, 0.2) is 6.73 Å². The molecule has 0 saturated carbocycles. The molecule has 1 heterocycles. The lowest BCUT2D eigenvalue weighted by molar-refractivity contribution is 0.0358. The molecule has 100 valence electrons. The molecular formula is C15H13N3O2. The van der Waals surface area contributed by atoms with Crippen LogP contribution in [0.4, 0.5) is 5.69 Å². The quantitative estimate of drug-likeness (QED) is 0.584. The predicted octanol–water partition coefficient (Wildman–Crippen LogP) is 2.43. The fourth-order valence-corrected chi connectivity index (χ4v) is 1.97. The van der Waals surface area contributed by atoms with Crippen molar-refractivity contribution < 1.29 is 9.53 Å². The van der Waals surface area contributed by atoms with E-state index in [-0.39, 0.29) is 12.7 Å². The third kappa shape index (κ3) is 2.33. The zero-order valence-corrected chi connectivity index (χ0v) is 10.7. The van der Waals surface area contributed by atoms with E-state index >= 15 is 0 Å². The smallest absolute Gasteiger partial charge is 0.339 e. The maximum absolute atomic E-state index is 11.9. The van der Waals surface area contributed by atoms with E-state index in [2.05, 4.69) is 5.10 Å². The molecule has 0 fully saturated rings. The summed E-state index contributed by atoms with van der Waals surface area (Å²) in [6, 6.07) is 14.3. The van der Waals surface area contributed by atoms with Crippen molar-refractivity contribution in [1.29, 1.82) is 0 Å². The maximum Gasteiger partial charge on any atom is 0.339 e. The van der Waals surface area contributed by atoms with E-state index in [1.54, 1.807) is 41.2 Å². The monoisotopic (exact) mass is 267 g/mol. The molecule has 0 amide bonds. The minimum atomic E-state index is -0.377. The molecule has 5 heteroatoms. The van der Waals surface area contributed by atoms with Gasteiger partial charge in [-0.3, -0.25) is 0 Å². The zero-order chi connectivity index (χ0) is 13.9. The molecule has 0 radical (unpaired) electrons. The van der Waals surface area contributed by atoms with Gasteiger partial charge in [0.1, 0.15) is 0 Å². The number of benzene rings is 2. The standard InChI is InChI=1S/C15H13N3O2/c16-13-7-6-12-9-17-18(14(12)8-13)10-20-15(19)11-4-2-1-3-5-11/h1-9H,10,16H2. The molecule has 2 aromatic carbocycles. The van der Waals surface area contributed by atoms with E-state index in [1.165, 1.54) is 0 Å². The third-order valence-electron chi connectivity index (χ3n) is 3.00. The summed E-state index contributed by atoms with van der Waals surface area (Å²) in [7, 11) is 0. The van der Waals surface area contributed by atoms with Crippen LogP contribution in [0.3, 0.4) is 0 Å². The average molecular weight is 267 g/mol. The summed E-state index contributed by atoms with van der Waals surface area (Å²) in [5.74, 6) is -0.377. The fraction of sp³-hybridized carbons (Fsp3) is 0.0667. The summed E-state index contributed by atoms with van der Waals surface area (Å²) in [5, 5.41) is 5.14. The first-order chi connectivity index (χ1) is 9.74. The lowest BCUT2D eigenvalue weighted by atomic mass is 10.2. The molecule has 3 rings (SSSR count). The molecule has 0 aliphatic rings. The number of rotatable bonds is 3. The Balaban J connectivity index is 1.77. The minimum absolute atomic E-state index is 0.0562. The highest BCUT2D eigenvalue weighted by atomic mass is 16.5. The van der Waals surface area contributed by atoms with Gasteiger partial charge in [0.25, 0.3) is 0 Å². The molecule has 0 aliphatic heterocycles. The Labute approximate surface area is 115 Å². The van der Waals surface area contributed by atoms with Crippen molar-refractivity contribution >= 4 is 22.6 Å². The van der Waals surface area contributed by atoms with Crippen LogP contribution in [-0.4, -0.2) is 15.7 Å². The van der Waals surface area contributed by atoms with Gasteiger partial charge in [-0.05, 0) is 30.3 Å². The first-order valence-corrected chi connectivity index (χ1v) is 6.17. The highest BCUT2D eigenvalue weighted by Crippen LogP contribution is 2.17. The molecule has 0 aliphatic carbocycles. The second kappa shape index (κ2) is 5.05. The SMILES string of the molecule is Nc1ccc2cnn(COC(=O)c3ccccc3)c2c1. The van der Waals surface area contributed by atoms with Gasteiger partial charge >= 0.3 is 5.97 Å². The Bertz CT molecular complexity index is 750. The number of nitrogens with zero attached hydrogens (tertiary/aromatic N) is 2. The van der Waals surface area contributed by atoms with E-state index in [0.717, 1.165) is 10.9 Å². The molecule has 20 heavy (non-hydrogen) atoms. The van der Waals surface area contributed by atoms with Crippen LogP contribution in [-0.2, 0) is 11.5 Å². The van der Waals surface area contributed by atoms with E-state index in [1.807, 2.05) is 18.2 Å². The summed E-state index contributed by atoms with van der Waals surface area (Å²) in [4.78, 5) is 11.9. The van der Waals surface area contributed by atoms with Crippen LogP contribution < -0.4 is 5.73 Å². The molecule has 1 aromatic heterocycles. The van der Waals surface area contributed by atoms with Gasteiger partial charge in [-0.2, -0.15) is 5.10 Å². The first-order valence-electron chi connectivity index (χ1n) is 6.17. The number of hydrogen-bond acceptors (Lipinski definition) is 4. The van der Waals surface area contributed by atoms with Gasteiger partial charge < -0.3 is 10.5 Å². The number of ether oxygens (including phenoxy) is 1. The Morgan fingerprint density at radius 2 is 2.00 bits per heavy atom. The van der Waals surface area contributed by atoms with Crippen LogP contribution in [0, 0.1) is 0 Å². The normalized spacial score (nSPS) is 10.6. The zero-order valence-electron chi connectivity index (χ0n) is 10.7. The Kier molecular flexibility index (Phi) is 3.09. The van der Waals surface area contributed by atoms with Gasteiger partial charge in [-0.15, -0.1) is 0 Å². The number of carbonyl (C=O) groups excluding carboxylic acids is 1. The summed E-state index contributed by atoms with van der Waals surface area (Å²) in [5.41, 5.74) is 7.75. The molecule has 3 aromatic rings. The summed E-state index contributed by atoms with van der Waals surface area (Å²) in [6.45, 7) is 0.0562. The minimum Gasteiger partial charge on any atom is -0.439 e. The summed E-state index contributed by atoms with van der Waals surface area (Å²) in [6.07, 6.45) is 1.71. The van der Waals surface area contributed by atoms with Crippen LogP contribution in [0.2, 0.25) is 0 Å². The number of carbonyl (C=O) groups is 1. The van der Waals surface area contributed by atoms with E-state index < -0.39 is 0 Å². The van der Waals surface area contributed by atoms with Gasteiger partial charge in [0.05, 0.1) is 17.3 Å². The van der Waals surface area contributed by atoms with Crippen molar-refractivity contribution in [3.8, 4) is 0 Å². The second-order valence-corrected chi connectivity index (χ2v) is 4.39.